The van der Waals surface area contributed by atoms with E-state index in [0.717, 1.165) is 5.75 Å². The van der Waals surface area contributed by atoms with Crippen LogP contribution in [0.15, 0.2) is 69.5 Å². The standard InChI is InChI=1S/C28H24Cl2N6O3S2/c1-2-39-17-9-7-16(8-10-17)33-23(38)14-40-28-35-34-27(41-28)36-21-4-3-5-22(37)25(21)24(19(13-31)26(36)32)18-11-6-15(29)12-20(18)30/h6-12,24H,2-5,14,32H2,1H3,(H,33,38). The topological polar surface area (TPSA) is 134 Å². The minimum atomic E-state index is -0.711. The number of halogens is 2. The van der Waals surface area contributed by atoms with Crippen LogP contribution >= 0.6 is 46.3 Å². The summed E-state index contributed by atoms with van der Waals surface area (Å²) in [4.78, 5) is 27.5. The molecule has 5 rings (SSSR count). The smallest absolute Gasteiger partial charge is 0.234 e. The number of thioether (sulfide) groups is 1. The number of aromatic nitrogens is 2. The maximum absolute atomic E-state index is 13.3. The van der Waals surface area contributed by atoms with Crippen molar-refractivity contribution in [3.05, 3.63) is 80.7 Å². The van der Waals surface area contributed by atoms with E-state index in [0.29, 0.717) is 67.9 Å². The van der Waals surface area contributed by atoms with Gasteiger partial charge in [0.15, 0.2) is 10.1 Å². The summed E-state index contributed by atoms with van der Waals surface area (Å²) in [6.45, 7) is 2.47. The van der Waals surface area contributed by atoms with Gasteiger partial charge >= 0.3 is 0 Å². The van der Waals surface area contributed by atoms with Gasteiger partial charge in [-0.25, -0.2) is 0 Å². The number of ketones is 1. The Labute approximate surface area is 255 Å². The monoisotopic (exact) mass is 626 g/mol. The van der Waals surface area contributed by atoms with E-state index in [1.807, 2.05) is 6.92 Å². The number of Topliss-reactive ketones (excluding diaryl/α,β-unsaturated/α-hetero) is 1. The molecule has 1 atom stereocenters. The molecule has 2 heterocycles. The van der Waals surface area contributed by atoms with Gasteiger partial charge in [0.05, 0.1) is 29.9 Å². The molecule has 1 unspecified atom stereocenters. The highest BCUT2D eigenvalue weighted by molar-refractivity contribution is 8.01. The van der Waals surface area contributed by atoms with Crippen LogP contribution in [0.1, 0.15) is 37.7 Å². The van der Waals surface area contributed by atoms with Gasteiger partial charge in [0.25, 0.3) is 0 Å². The van der Waals surface area contributed by atoms with Gasteiger partial charge in [-0.2, -0.15) is 5.26 Å². The van der Waals surface area contributed by atoms with Crippen molar-refractivity contribution >= 4 is 68.8 Å². The zero-order valence-electron chi connectivity index (χ0n) is 21.8. The first-order valence-corrected chi connectivity index (χ1v) is 15.3. The number of amides is 1. The molecule has 2 aliphatic rings. The number of carbonyl (C=O) groups is 2. The average molecular weight is 628 g/mol. The van der Waals surface area contributed by atoms with Crippen molar-refractivity contribution in [3.8, 4) is 11.8 Å². The summed E-state index contributed by atoms with van der Waals surface area (Å²) in [6.07, 6.45) is 1.55. The number of nitrogens with zero attached hydrogens (tertiary/aromatic N) is 4. The molecule has 2 aromatic carbocycles. The Hall–Kier alpha value is -3.56. The van der Waals surface area contributed by atoms with Crippen molar-refractivity contribution in [1.29, 1.82) is 5.26 Å². The molecule has 1 aromatic heterocycles. The van der Waals surface area contributed by atoms with E-state index >= 15 is 0 Å². The van der Waals surface area contributed by atoms with Gasteiger partial charge in [-0.1, -0.05) is 52.4 Å². The quantitative estimate of drug-likeness (QED) is 0.277. The number of benzene rings is 2. The average Bonchev–Trinajstić information content (AvgIpc) is 3.41. The maximum atomic E-state index is 13.3. The summed E-state index contributed by atoms with van der Waals surface area (Å²) in [5.41, 5.74) is 9.19. The summed E-state index contributed by atoms with van der Waals surface area (Å²) >= 11 is 15.1. The molecule has 0 saturated heterocycles. The largest absolute Gasteiger partial charge is 0.494 e. The van der Waals surface area contributed by atoms with E-state index in [2.05, 4.69) is 21.6 Å². The van der Waals surface area contributed by atoms with Crippen LogP contribution in [0.5, 0.6) is 5.75 Å². The van der Waals surface area contributed by atoms with E-state index in [4.69, 9.17) is 33.7 Å². The van der Waals surface area contributed by atoms with Crippen LogP contribution in [0.2, 0.25) is 10.0 Å². The molecule has 0 spiro atoms. The Balaban J connectivity index is 1.38. The molecule has 13 heteroatoms. The Morgan fingerprint density at radius 1 is 1.24 bits per heavy atom. The van der Waals surface area contributed by atoms with Crippen LogP contribution < -0.4 is 20.7 Å². The molecule has 3 N–H and O–H groups in total. The number of hydrogen-bond acceptors (Lipinski definition) is 10. The summed E-state index contributed by atoms with van der Waals surface area (Å²) < 4.78 is 5.97. The first kappa shape index (κ1) is 29.0. The number of hydrogen-bond donors (Lipinski definition) is 2. The molecule has 41 heavy (non-hydrogen) atoms. The highest BCUT2D eigenvalue weighted by atomic mass is 35.5. The first-order valence-electron chi connectivity index (χ1n) is 12.7. The van der Waals surface area contributed by atoms with Crippen LogP contribution in [0.25, 0.3) is 0 Å². The normalized spacial score (nSPS) is 16.9. The van der Waals surface area contributed by atoms with Gasteiger partial charge in [0, 0.05) is 33.4 Å². The number of rotatable bonds is 8. The number of anilines is 2. The molecule has 0 bridgehead atoms. The maximum Gasteiger partial charge on any atom is 0.234 e. The lowest BCUT2D eigenvalue weighted by Gasteiger charge is -2.38. The molecular formula is C28H24Cl2N6O3S2. The number of nitriles is 1. The Morgan fingerprint density at radius 2 is 2.02 bits per heavy atom. The number of nitrogens with one attached hydrogen (secondary N) is 1. The highest BCUT2D eigenvalue weighted by Crippen LogP contribution is 2.48. The Bertz CT molecular complexity index is 1610. The lowest BCUT2D eigenvalue weighted by atomic mass is 9.76. The van der Waals surface area contributed by atoms with Gasteiger partial charge in [0.1, 0.15) is 11.6 Å². The minimum Gasteiger partial charge on any atom is -0.494 e. The van der Waals surface area contributed by atoms with Gasteiger partial charge < -0.3 is 15.8 Å². The summed E-state index contributed by atoms with van der Waals surface area (Å²) in [6, 6.07) is 14.3. The number of carbonyl (C=O) groups excluding carboxylic acids is 2. The van der Waals surface area contributed by atoms with Gasteiger partial charge in [0.2, 0.25) is 11.0 Å². The number of allylic oxidation sites excluding steroid dienone is 3. The molecule has 1 aliphatic heterocycles. The van der Waals surface area contributed by atoms with E-state index in [1.54, 1.807) is 47.4 Å². The van der Waals surface area contributed by atoms with Crippen LogP contribution in [-0.2, 0) is 9.59 Å². The predicted octanol–water partition coefficient (Wildman–Crippen LogP) is 6.28. The van der Waals surface area contributed by atoms with Crippen molar-refractivity contribution < 1.29 is 14.3 Å². The van der Waals surface area contributed by atoms with E-state index in [1.165, 1.54) is 23.1 Å². The molecule has 0 radical (unpaired) electrons. The van der Waals surface area contributed by atoms with E-state index in [9.17, 15) is 14.9 Å². The summed E-state index contributed by atoms with van der Waals surface area (Å²) in [5, 5.41) is 22.8. The third-order valence-electron chi connectivity index (χ3n) is 6.55. The molecule has 1 amide bonds. The molecule has 1 aliphatic carbocycles. The fraction of sp³-hybridized carbons (Fsp3) is 0.250. The van der Waals surface area contributed by atoms with Gasteiger partial charge in [-0.3, -0.25) is 14.5 Å². The zero-order chi connectivity index (χ0) is 29.1. The van der Waals surface area contributed by atoms with Crippen molar-refractivity contribution in [2.24, 2.45) is 5.73 Å². The Kier molecular flexibility index (Phi) is 8.85. The van der Waals surface area contributed by atoms with Crippen molar-refractivity contribution in [2.75, 3.05) is 22.6 Å². The molecule has 210 valence electrons. The predicted molar refractivity (Wildman–Crippen MR) is 161 cm³/mol. The molecule has 3 aromatic rings. The van der Waals surface area contributed by atoms with Crippen molar-refractivity contribution in [2.45, 2.75) is 36.4 Å². The zero-order valence-corrected chi connectivity index (χ0v) is 25.0. The van der Waals surface area contributed by atoms with Crippen LogP contribution in [0.3, 0.4) is 0 Å². The number of ether oxygens (including phenoxy) is 1. The lowest BCUT2D eigenvalue weighted by Crippen LogP contribution is -2.38. The SMILES string of the molecule is CCOc1ccc(NC(=O)CSc2nnc(N3C(N)=C(C#N)C(c4ccc(Cl)cc4Cl)C4=C3CCCC4=O)s2)cc1. The molecule has 0 fully saturated rings. The molecular weight excluding hydrogens is 603 g/mol. The number of nitrogens with two attached hydrogens (primary N) is 1. The minimum absolute atomic E-state index is 0.0717. The van der Waals surface area contributed by atoms with Gasteiger partial charge in [-0.15, -0.1) is 10.2 Å². The second-order valence-electron chi connectivity index (χ2n) is 9.13. The van der Waals surface area contributed by atoms with E-state index < -0.39 is 5.92 Å². The van der Waals surface area contributed by atoms with Crippen LogP contribution in [0.4, 0.5) is 10.8 Å². The first-order chi connectivity index (χ1) is 19.8. The van der Waals surface area contributed by atoms with Crippen LogP contribution in [0, 0.1) is 11.3 Å². The molecule has 0 saturated carbocycles. The highest BCUT2D eigenvalue weighted by Gasteiger charge is 2.42. The van der Waals surface area contributed by atoms with E-state index in [-0.39, 0.29) is 28.8 Å². The van der Waals surface area contributed by atoms with Gasteiger partial charge in [-0.05, 0) is 61.7 Å². The molecule has 9 nitrogen and oxygen atoms in total. The van der Waals surface area contributed by atoms with Crippen LogP contribution in [-0.4, -0.2) is 34.2 Å². The van der Waals surface area contributed by atoms with Crippen molar-refractivity contribution in [3.63, 3.8) is 0 Å². The summed E-state index contributed by atoms with van der Waals surface area (Å²) in [5.74, 6) is 0.0190. The van der Waals surface area contributed by atoms with Crippen molar-refractivity contribution in [1.82, 2.24) is 10.2 Å². The third kappa shape index (κ3) is 6.06. The Morgan fingerprint density at radius 3 is 2.73 bits per heavy atom. The second kappa shape index (κ2) is 12.5. The lowest BCUT2D eigenvalue weighted by molar-refractivity contribution is -0.116. The summed E-state index contributed by atoms with van der Waals surface area (Å²) in [7, 11) is 0. The fourth-order valence-corrected chi connectivity index (χ4v) is 7.03. The third-order valence-corrected chi connectivity index (χ3v) is 9.15. The second-order valence-corrected chi connectivity index (χ2v) is 12.1. The fourth-order valence-electron chi connectivity index (χ4n) is 4.83.